The Balaban J connectivity index is 2.12. The van der Waals surface area contributed by atoms with Crippen LogP contribution >= 0.6 is 0 Å². The third-order valence-corrected chi connectivity index (χ3v) is 2.65. The first-order valence-corrected chi connectivity index (χ1v) is 5.52. The molecule has 0 bridgehead atoms. The fraction of sp³-hybridized carbons (Fsp3) is 0.636. The fourth-order valence-electron chi connectivity index (χ4n) is 1.80. The molecular weight excluding hydrogens is 206 g/mol. The number of hydrogen-bond donors (Lipinski definition) is 1. The van der Waals surface area contributed by atoms with Crippen molar-refractivity contribution in [3.8, 4) is 0 Å². The predicted molar refractivity (Wildman–Crippen MR) is 60.0 cm³/mol. The van der Waals surface area contributed by atoms with Gasteiger partial charge in [-0.05, 0) is 6.42 Å². The molecule has 2 N–H and O–H groups in total. The van der Waals surface area contributed by atoms with Crippen LogP contribution in [0.2, 0.25) is 0 Å². The van der Waals surface area contributed by atoms with E-state index >= 15 is 0 Å². The Labute approximate surface area is 95.0 Å². The molecule has 5 nitrogen and oxygen atoms in total. The smallest absolute Gasteiger partial charge is 0.132 e. The van der Waals surface area contributed by atoms with Crippen molar-refractivity contribution < 1.29 is 9.47 Å². The third kappa shape index (κ3) is 2.48. The van der Waals surface area contributed by atoms with Crippen LogP contribution in [0.5, 0.6) is 0 Å². The van der Waals surface area contributed by atoms with Crippen LogP contribution in [-0.2, 0) is 28.9 Å². The van der Waals surface area contributed by atoms with Crippen molar-refractivity contribution in [3.63, 3.8) is 0 Å². The largest absolute Gasteiger partial charge is 0.385 e. The molecule has 1 aliphatic rings. The molecule has 2 rings (SSSR count). The Morgan fingerprint density at radius 1 is 1.44 bits per heavy atom. The van der Waals surface area contributed by atoms with Gasteiger partial charge in [0.1, 0.15) is 11.6 Å². The number of rotatable bonds is 4. The highest BCUT2D eigenvalue weighted by Crippen LogP contribution is 2.20. The predicted octanol–water partition coefficient (Wildman–Crippen LogP) is 0.710. The lowest BCUT2D eigenvalue weighted by atomic mass is 10.1. The van der Waals surface area contributed by atoms with Gasteiger partial charge in [-0.25, -0.2) is 9.97 Å². The molecule has 0 aliphatic carbocycles. The Hall–Kier alpha value is -1.20. The molecule has 1 aliphatic heterocycles. The summed E-state index contributed by atoms with van der Waals surface area (Å²) in [6.45, 7) is 1.99. The average molecular weight is 223 g/mol. The van der Waals surface area contributed by atoms with Crippen molar-refractivity contribution in [3.05, 3.63) is 17.1 Å². The van der Waals surface area contributed by atoms with Crippen LogP contribution in [0.15, 0.2) is 0 Å². The highest BCUT2D eigenvalue weighted by molar-refractivity contribution is 5.42. The van der Waals surface area contributed by atoms with Crippen molar-refractivity contribution in [1.82, 2.24) is 9.97 Å². The maximum absolute atomic E-state index is 5.88. The average Bonchev–Trinajstić information content (AvgIpc) is 2.30. The molecule has 0 amide bonds. The van der Waals surface area contributed by atoms with Gasteiger partial charge in [0, 0.05) is 32.1 Å². The number of ether oxygens (including phenoxy) is 2. The highest BCUT2D eigenvalue weighted by atomic mass is 16.5. The van der Waals surface area contributed by atoms with Crippen LogP contribution in [0.25, 0.3) is 0 Å². The first kappa shape index (κ1) is 11.3. The normalized spacial score (nSPS) is 14.8. The van der Waals surface area contributed by atoms with Gasteiger partial charge in [-0.3, -0.25) is 0 Å². The van der Waals surface area contributed by atoms with E-state index in [9.17, 15) is 0 Å². The van der Waals surface area contributed by atoms with E-state index in [1.807, 2.05) is 0 Å². The zero-order valence-electron chi connectivity index (χ0n) is 9.53. The SMILES string of the molecule is COCCCc1nc(N)c2c(n1)CCOC2. The summed E-state index contributed by atoms with van der Waals surface area (Å²) < 4.78 is 10.3. The summed E-state index contributed by atoms with van der Waals surface area (Å²) in [6.07, 6.45) is 2.57. The third-order valence-electron chi connectivity index (χ3n) is 2.65. The first-order valence-electron chi connectivity index (χ1n) is 5.52. The Bertz CT molecular complexity index is 368. The van der Waals surface area contributed by atoms with Crippen LogP contribution in [0, 0.1) is 0 Å². The number of methoxy groups -OCH3 is 1. The Morgan fingerprint density at radius 3 is 3.12 bits per heavy atom. The number of hydrogen-bond acceptors (Lipinski definition) is 5. The second kappa shape index (κ2) is 5.23. The number of nitrogens with zero attached hydrogens (tertiary/aromatic N) is 2. The number of nitrogen functional groups attached to an aromatic ring is 1. The molecule has 0 saturated heterocycles. The van der Waals surface area contributed by atoms with Gasteiger partial charge in [-0.15, -0.1) is 0 Å². The summed E-state index contributed by atoms with van der Waals surface area (Å²) in [5.74, 6) is 1.38. The van der Waals surface area contributed by atoms with E-state index in [0.717, 1.165) is 49.6 Å². The molecule has 16 heavy (non-hydrogen) atoms. The molecule has 0 atom stereocenters. The van der Waals surface area contributed by atoms with E-state index in [1.165, 1.54) is 0 Å². The lowest BCUT2D eigenvalue weighted by Crippen LogP contribution is -2.17. The topological polar surface area (TPSA) is 70.3 Å². The molecule has 0 unspecified atom stereocenters. The lowest BCUT2D eigenvalue weighted by Gasteiger charge is -2.17. The summed E-state index contributed by atoms with van der Waals surface area (Å²) in [6, 6.07) is 0. The minimum absolute atomic E-state index is 0.541. The number of fused-ring (bicyclic) bond motifs is 1. The minimum atomic E-state index is 0.541. The molecule has 88 valence electrons. The highest BCUT2D eigenvalue weighted by Gasteiger charge is 2.16. The molecule has 0 radical (unpaired) electrons. The summed E-state index contributed by atoms with van der Waals surface area (Å²) >= 11 is 0. The van der Waals surface area contributed by atoms with Crippen LogP contribution in [0.3, 0.4) is 0 Å². The number of aryl methyl sites for hydroxylation is 1. The second-order valence-corrected chi connectivity index (χ2v) is 3.85. The van der Waals surface area contributed by atoms with Gasteiger partial charge in [0.2, 0.25) is 0 Å². The van der Waals surface area contributed by atoms with E-state index in [1.54, 1.807) is 7.11 Å². The monoisotopic (exact) mass is 223 g/mol. The molecule has 5 heteroatoms. The summed E-state index contributed by atoms with van der Waals surface area (Å²) in [5.41, 5.74) is 7.89. The molecular formula is C11H17N3O2. The lowest BCUT2D eigenvalue weighted by molar-refractivity contribution is 0.109. The molecule has 0 aromatic carbocycles. The van der Waals surface area contributed by atoms with E-state index in [0.29, 0.717) is 12.4 Å². The minimum Gasteiger partial charge on any atom is -0.385 e. The van der Waals surface area contributed by atoms with Crippen molar-refractivity contribution in [2.24, 2.45) is 0 Å². The zero-order valence-corrected chi connectivity index (χ0v) is 9.53. The standard InChI is InChI=1S/C11H17N3O2/c1-15-5-2-3-10-13-9-4-6-16-7-8(9)11(12)14-10/h2-7H2,1H3,(H2,12,13,14). The van der Waals surface area contributed by atoms with Crippen molar-refractivity contribution in [1.29, 1.82) is 0 Å². The first-order chi connectivity index (χ1) is 7.81. The Kier molecular flexibility index (Phi) is 3.69. The molecule has 2 heterocycles. The summed E-state index contributed by atoms with van der Waals surface area (Å²) in [5, 5.41) is 0. The zero-order chi connectivity index (χ0) is 11.4. The van der Waals surface area contributed by atoms with Crippen LogP contribution in [0.1, 0.15) is 23.5 Å². The van der Waals surface area contributed by atoms with Gasteiger partial charge < -0.3 is 15.2 Å². The van der Waals surface area contributed by atoms with E-state index in [2.05, 4.69) is 9.97 Å². The van der Waals surface area contributed by atoms with Crippen LogP contribution in [-0.4, -0.2) is 30.3 Å². The number of anilines is 1. The van der Waals surface area contributed by atoms with Gasteiger partial charge in [0.25, 0.3) is 0 Å². The fourth-order valence-corrected chi connectivity index (χ4v) is 1.80. The van der Waals surface area contributed by atoms with Crippen molar-refractivity contribution >= 4 is 5.82 Å². The molecule has 1 aromatic heterocycles. The second-order valence-electron chi connectivity index (χ2n) is 3.85. The maximum atomic E-state index is 5.88. The van der Waals surface area contributed by atoms with E-state index < -0.39 is 0 Å². The molecule has 0 fully saturated rings. The maximum Gasteiger partial charge on any atom is 0.132 e. The van der Waals surface area contributed by atoms with E-state index in [4.69, 9.17) is 15.2 Å². The van der Waals surface area contributed by atoms with Gasteiger partial charge in [-0.2, -0.15) is 0 Å². The van der Waals surface area contributed by atoms with Gasteiger partial charge in [-0.1, -0.05) is 0 Å². The van der Waals surface area contributed by atoms with Crippen molar-refractivity contribution in [2.75, 3.05) is 26.1 Å². The molecule has 0 spiro atoms. The summed E-state index contributed by atoms with van der Waals surface area (Å²) in [7, 11) is 1.69. The van der Waals surface area contributed by atoms with E-state index in [-0.39, 0.29) is 0 Å². The molecule has 1 aromatic rings. The van der Waals surface area contributed by atoms with Crippen LogP contribution in [0.4, 0.5) is 5.82 Å². The number of aromatic nitrogens is 2. The molecule has 0 saturated carbocycles. The van der Waals surface area contributed by atoms with Crippen molar-refractivity contribution in [2.45, 2.75) is 25.9 Å². The number of nitrogens with two attached hydrogens (primary N) is 1. The summed E-state index contributed by atoms with van der Waals surface area (Å²) in [4.78, 5) is 8.81. The van der Waals surface area contributed by atoms with Crippen LogP contribution < -0.4 is 5.73 Å². The van der Waals surface area contributed by atoms with Gasteiger partial charge in [0.15, 0.2) is 0 Å². The van der Waals surface area contributed by atoms with Gasteiger partial charge in [0.05, 0.1) is 18.9 Å². The quantitative estimate of drug-likeness (QED) is 0.761. The van der Waals surface area contributed by atoms with Gasteiger partial charge >= 0.3 is 0 Å². The Morgan fingerprint density at radius 2 is 2.31 bits per heavy atom.